The first-order valence-electron chi connectivity index (χ1n) is 4.95. The Hall–Kier alpha value is -1.42. The van der Waals surface area contributed by atoms with Crippen LogP contribution in [0, 0.1) is 5.82 Å². The van der Waals surface area contributed by atoms with Crippen LogP contribution in [0.5, 0.6) is 0 Å². The molecule has 0 bridgehead atoms. The molecule has 0 amide bonds. The second-order valence-electron chi connectivity index (χ2n) is 3.83. The fourth-order valence-corrected chi connectivity index (χ4v) is 1.48. The van der Waals surface area contributed by atoms with Crippen LogP contribution in [0.1, 0.15) is 25.6 Å². The van der Waals surface area contributed by atoms with Crippen LogP contribution < -0.4 is 0 Å². The molecule has 0 atom stereocenters. The first kappa shape index (κ1) is 11.1. The van der Waals surface area contributed by atoms with Crippen molar-refractivity contribution in [3.8, 4) is 11.4 Å². The highest BCUT2D eigenvalue weighted by Gasteiger charge is 2.10. The lowest BCUT2D eigenvalue weighted by Crippen LogP contribution is -1.89. The van der Waals surface area contributed by atoms with Crippen LogP contribution in [0.25, 0.3) is 11.4 Å². The number of hydrogen-bond acceptors (Lipinski definition) is 2. The Kier molecular flexibility index (Phi) is 2.92. The van der Waals surface area contributed by atoms with E-state index in [9.17, 15) is 4.39 Å². The summed E-state index contributed by atoms with van der Waals surface area (Å²) in [6, 6.07) is 4.43. The highest BCUT2D eigenvalue weighted by Crippen LogP contribution is 2.23. The Morgan fingerprint density at radius 2 is 2.12 bits per heavy atom. The topological polar surface area (TPSA) is 41.6 Å². The van der Waals surface area contributed by atoms with Crippen LogP contribution in [-0.4, -0.2) is 15.2 Å². The number of nitrogens with zero attached hydrogens (tertiary/aromatic N) is 2. The highest BCUT2D eigenvalue weighted by atomic mass is 35.5. The minimum absolute atomic E-state index is 0.0772. The van der Waals surface area contributed by atoms with Crippen LogP contribution >= 0.6 is 11.6 Å². The lowest BCUT2D eigenvalue weighted by atomic mass is 10.2. The van der Waals surface area contributed by atoms with E-state index in [1.54, 1.807) is 6.07 Å². The van der Waals surface area contributed by atoms with Crippen LogP contribution in [0.4, 0.5) is 4.39 Å². The summed E-state index contributed by atoms with van der Waals surface area (Å²) >= 11 is 5.69. The van der Waals surface area contributed by atoms with Crippen molar-refractivity contribution in [2.45, 2.75) is 19.8 Å². The SMILES string of the molecule is CC(C)c1nc(-c2ccc(F)c(Cl)c2)n[nH]1. The summed E-state index contributed by atoms with van der Waals surface area (Å²) in [7, 11) is 0. The van der Waals surface area contributed by atoms with Crippen molar-refractivity contribution >= 4 is 11.6 Å². The van der Waals surface area contributed by atoms with E-state index in [0.29, 0.717) is 11.4 Å². The standard InChI is InChI=1S/C11H11ClFN3/c1-6(2)10-14-11(16-15-10)7-3-4-9(13)8(12)5-7/h3-6H,1-2H3,(H,14,15,16). The molecule has 0 unspecified atom stereocenters. The van der Waals surface area contributed by atoms with E-state index in [2.05, 4.69) is 15.2 Å². The van der Waals surface area contributed by atoms with Crippen molar-refractivity contribution in [3.63, 3.8) is 0 Å². The largest absolute Gasteiger partial charge is 0.262 e. The van der Waals surface area contributed by atoms with E-state index in [4.69, 9.17) is 11.6 Å². The Morgan fingerprint density at radius 3 is 2.69 bits per heavy atom. The predicted molar refractivity (Wildman–Crippen MR) is 60.9 cm³/mol. The molecule has 84 valence electrons. The minimum atomic E-state index is -0.440. The first-order valence-corrected chi connectivity index (χ1v) is 5.33. The van der Waals surface area contributed by atoms with Gasteiger partial charge in [0.25, 0.3) is 0 Å². The van der Waals surface area contributed by atoms with Gasteiger partial charge in [0, 0.05) is 11.5 Å². The summed E-state index contributed by atoms with van der Waals surface area (Å²) in [4.78, 5) is 4.30. The van der Waals surface area contributed by atoms with Crippen molar-refractivity contribution in [2.24, 2.45) is 0 Å². The van der Waals surface area contributed by atoms with Gasteiger partial charge in [0.2, 0.25) is 0 Å². The third-order valence-corrected chi connectivity index (χ3v) is 2.52. The molecule has 0 fully saturated rings. The van der Waals surface area contributed by atoms with Crippen molar-refractivity contribution in [1.29, 1.82) is 0 Å². The zero-order chi connectivity index (χ0) is 11.7. The van der Waals surface area contributed by atoms with Gasteiger partial charge in [0.15, 0.2) is 5.82 Å². The molecule has 1 aromatic carbocycles. The lowest BCUT2D eigenvalue weighted by molar-refractivity contribution is 0.628. The van der Waals surface area contributed by atoms with E-state index >= 15 is 0 Å². The number of halogens is 2. The quantitative estimate of drug-likeness (QED) is 0.873. The van der Waals surface area contributed by atoms with E-state index in [1.165, 1.54) is 12.1 Å². The minimum Gasteiger partial charge on any atom is -0.262 e. The van der Waals surface area contributed by atoms with Gasteiger partial charge in [0.1, 0.15) is 11.6 Å². The second kappa shape index (κ2) is 4.22. The molecule has 0 aliphatic heterocycles. The number of hydrogen-bond donors (Lipinski definition) is 1. The van der Waals surface area contributed by atoms with Crippen molar-refractivity contribution in [3.05, 3.63) is 34.9 Å². The molecule has 16 heavy (non-hydrogen) atoms. The van der Waals surface area contributed by atoms with Gasteiger partial charge in [-0.2, -0.15) is 5.10 Å². The summed E-state index contributed by atoms with van der Waals surface area (Å²) in [5.41, 5.74) is 0.703. The normalized spacial score (nSPS) is 11.1. The van der Waals surface area contributed by atoms with Crippen molar-refractivity contribution < 1.29 is 4.39 Å². The van der Waals surface area contributed by atoms with Gasteiger partial charge in [-0.15, -0.1) is 0 Å². The fraction of sp³-hybridized carbons (Fsp3) is 0.273. The third kappa shape index (κ3) is 2.07. The first-order chi connectivity index (χ1) is 7.58. The number of aromatic amines is 1. The van der Waals surface area contributed by atoms with Gasteiger partial charge in [-0.05, 0) is 18.2 Å². The summed E-state index contributed by atoms with van der Waals surface area (Å²) in [5.74, 6) is 1.17. The smallest absolute Gasteiger partial charge is 0.181 e. The van der Waals surface area contributed by atoms with E-state index in [1.807, 2.05) is 13.8 Å². The van der Waals surface area contributed by atoms with Gasteiger partial charge in [0.05, 0.1) is 5.02 Å². The Bertz CT molecular complexity index is 508. The molecule has 2 aromatic rings. The molecule has 5 heteroatoms. The maximum absolute atomic E-state index is 13.0. The number of H-pyrrole nitrogens is 1. The van der Waals surface area contributed by atoms with Gasteiger partial charge in [-0.25, -0.2) is 9.37 Å². The molecule has 0 radical (unpaired) electrons. The van der Waals surface area contributed by atoms with Crippen molar-refractivity contribution in [2.75, 3.05) is 0 Å². The Labute approximate surface area is 97.7 Å². The second-order valence-corrected chi connectivity index (χ2v) is 4.24. The van der Waals surface area contributed by atoms with Gasteiger partial charge >= 0.3 is 0 Å². The molecule has 3 nitrogen and oxygen atoms in total. The third-order valence-electron chi connectivity index (χ3n) is 2.23. The Balaban J connectivity index is 2.39. The molecule has 1 aromatic heterocycles. The summed E-state index contributed by atoms with van der Waals surface area (Å²) in [6.45, 7) is 4.03. The maximum Gasteiger partial charge on any atom is 0.181 e. The molecular weight excluding hydrogens is 229 g/mol. The Morgan fingerprint density at radius 1 is 1.38 bits per heavy atom. The number of benzene rings is 1. The van der Waals surface area contributed by atoms with Gasteiger partial charge in [-0.1, -0.05) is 25.4 Å². The zero-order valence-electron chi connectivity index (χ0n) is 8.96. The molecule has 0 aliphatic rings. The van der Waals surface area contributed by atoms with Crippen LogP contribution in [0.15, 0.2) is 18.2 Å². The lowest BCUT2D eigenvalue weighted by Gasteiger charge is -1.98. The predicted octanol–water partition coefficient (Wildman–Crippen LogP) is 3.39. The molecule has 0 saturated carbocycles. The van der Waals surface area contributed by atoms with E-state index in [-0.39, 0.29) is 10.9 Å². The molecule has 0 aliphatic carbocycles. The molecule has 2 rings (SSSR count). The summed E-state index contributed by atoms with van der Waals surface area (Å²) < 4.78 is 13.0. The molecule has 0 spiro atoms. The summed E-state index contributed by atoms with van der Waals surface area (Å²) in [6.07, 6.45) is 0. The summed E-state index contributed by atoms with van der Waals surface area (Å²) in [5, 5.41) is 6.98. The molecule has 0 saturated heterocycles. The van der Waals surface area contributed by atoms with E-state index in [0.717, 1.165) is 5.82 Å². The highest BCUT2D eigenvalue weighted by molar-refractivity contribution is 6.31. The van der Waals surface area contributed by atoms with Crippen LogP contribution in [-0.2, 0) is 0 Å². The fourth-order valence-electron chi connectivity index (χ4n) is 1.30. The molecule has 1 N–H and O–H groups in total. The zero-order valence-corrected chi connectivity index (χ0v) is 9.72. The molecule has 1 heterocycles. The van der Waals surface area contributed by atoms with Gasteiger partial charge < -0.3 is 0 Å². The maximum atomic E-state index is 13.0. The van der Waals surface area contributed by atoms with Crippen LogP contribution in [0.3, 0.4) is 0 Å². The number of aromatic nitrogens is 3. The monoisotopic (exact) mass is 239 g/mol. The van der Waals surface area contributed by atoms with E-state index < -0.39 is 5.82 Å². The average Bonchev–Trinajstić information content (AvgIpc) is 2.71. The van der Waals surface area contributed by atoms with Gasteiger partial charge in [-0.3, -0.25) is 5.10 Å². The number of rotatable bonds is 2. The average molecular weight is 240 g/mol. The molecular formula is C11H11ClFN3. The number of nitrogens with one attached hydrogen (secondary N) is 1. The van der Waals surface area contributed by atoms with Crippen molar-refractivity contribution in [1.82, 2.24) is 15.2 Å². The van der Waals surface area contributed by atoms with Crippen LogP contribution in [0.2, 0.25) is 5.02 Å².